The monoisotopic (exact) mass is 525 g/mol. The Bertz CT molecular complexity index is 1280. The molecule has 0 radical (unpaired) electrons. The predicted molar refractivity (Wildman–Crippen MR) is 131 cm³/mol. The van der Waals surface area contributed by atoms with Crippen LogP contribution in [-0.4, -0.2) is 61.1 Å². The number of hydrogen-bond donors (Lipinski definition) is 3. The largest absolute Gasteiger partial charge is 0.416 e. The molecule has 37 heavy (non-hydrogen) atoms. The second-order valence-corrected chi connectivity index (χ2v) is 9.49. The van der Waals surface area contributed by atoms with Crippen LogP contribution in [0.25, 0.3) is 5.57 Å². The Kier molecular flexibility index (Phi) is 7.43. The van der Waals surface area contributed by atoms with Gasteiger partial charge < -0.3 is 20.5 Å². The maximum Gasteiger partial charge on any atom is 0.416 e. The van der Waals surface area contributed by atoms with Crippen LogP contribution in [0.4, 0.5) is 33.3 Å². The van der Waals surface area contributed by atoms with Gasteiger partial charge in [0.25, 0.3) is 5.91 Å². The lowest BCUT2D eigenvalue weighted by atomic mass is 9.96. The van der Waals surface area contributed by atoms with Crippen LogP contribution < -0.4 is 21.1 Å². The fraction of sp³-hybridized carbons (Fsp3) is 0.440. The van der Waals surface area contributed by atoms with E-state index in [-0.39, 0.29) is 29.0 Å². The van der Waals surface area contributed by atoms with E-state index in [4.69, 9.17) is 0 Å². The van der Waals surface area contributed by atoms with E-state index >= 15 is 8.78 Å². The predicted octanol–water partition coefficient (Wildman–Crippen LogP) is 3.83. The third-order valence-electron chi connectivity index (χ3n) is 6.94. The van der Waals surface area contributed by atoms with Gasteiger partial charge in [0.2, 0.25) is 5.56 Å². The van der Waals surface area contributed by atoms with Crippen LogP contribution in [0.3, 0.4) is 0 Å². The van der Waals surface area contributed by atoms with Gasteiger partial charge in [-0.05, 0) is 45.5 Å². The number of pyridine rings is 1. The average molecular weight is 526 g/mol. The van der Waals surface area contributed by atoms with Crippen molar-refractivity contribution in [2.75, 3.05) is 43.4 Å². The number of carbonyl (C=O) groups excluding carboxylic acids is 1. The van der Waals surface area contributed by atoms with E-state index < -0.39 is 40.5 Å². The van der Waals surface area contributed by atoms with Crippen molar-refractivity contribution >= 4 is 22.9 Å². The van der Waals surface area contributed by atoms with Crippen molar-refractivity contribution in [3.05, 3.63) is 63.1 Å². The number of aromatic amines is 1. The van der Waals surface area contributed by atoms with Crippen LogP contribution in [0, 0.1) is 11.6 Å². The van der Waals surface area contributed by atoms with Crippen LogP contribution >= 0.6 is 0 Å². The highest BCUT2D eigenvalue weighted by Crippen LogP contribution is 2.39. The van der Waals surface area contributed by atoms with Crippen molar-refractivity contribution in [1.29, 1.82) is 0 Å². The van der Waals surface area contributed by atoms with Gasteiger partial charge in [-0.3, -0.25) is 14.5 Å². The minimum atomic E-state index is -4.86. The number of hydrogen-bond acceptors (Lipinski definition) is 5. The van der Waals surface area contributed by atoms with Gasteiger partial charge in [0.05, 0.1) is 16.8 Å². The topological polar surface area (TPSA) is 80.5 Å². The minimum absolute atomic E-state index is 0.0186. The SMILES string of the molecule is C[C@@H]1CN(c2cc(F)c(C3=CCNCC3)c(F)c2NC(=O)c2cc(C(F)(F)F)cc(=O)[nH]2)C[C@H](C)N1C. The zero-order chi connectivity index (χ0) is 27.1. The molecule has 1 aromatic heterocycles. The number of alkyl halides is 3. The van der Waals surface area contributed by atoms with E-state index in [1.54, 1.807) is 11.0 Å². The third-order valence-corrected chi connectivity index (χ3v) is 6.94. The number of piperazine rings is 1. The molecule has 1 aromatic carbocycles. The quantitative estimate of drug-likeness (QED) is 0.529. The number of H-pyrrole nitrogens is 1. The summed E-state index contributed by atoms with van der Waals surface area (Å²) in [6, 6.07) is 2.00. The first-order chi connectivity index (χ1) is 17.4. The van der Waals surface area contributed by atoms with Gasteiger partial charge in [-0.2, -0.15) is 13.2 Å². The number of carbonyl (C=O) groups is 1. The highest BCUT2D eigenvalue weighted by atomic mass is 19.4. The number of anilines is 2. The lowest BCUT2D eigenvalue weighted by Crippen LogP contribution is -2.55. The molecule has 2 aliphatic heterocycles. The molecule has 2 atom stereocenters. The Labute approximate surface area is 210 Å². The summed E-state index contributed by atoms with van der Waals surface area (Å²) in [7, 11) is 1.94. The highest BCUT2D eigenvalue weighted by molar-refractivity contribution is 6.05. The number of benzene rings is 1. The average Bonchev–Trinajstić information content (AvgIpc) is 2.83. The fourth-order valence-corrected chi connectivity index (χ4v) is 4.73. The number of aromatic nitrogens is 1. The van der Waals surface area contributed by atoms with Crippen LogP contribution in [-0.2, 0) is 6.18 Å². The van der Waals surface area contributed by atoms with E-state index in [9.17, 15) is 22.8 Å². The Hall–Kier alpha value is -3.25. The molecule has 0 unspecified atom stereocenters. The number of halogens is 5. The van der Waals surface area contributed by atoms with Crippen molar-refractivity contribution in [3.8, 4) is 0 Å². The van der Waals surface area contributed by atoms with Crippen LogP contribution in [0.15, 0.2) is 29.1 Å². The molecule has 4 rings (SSSR count). The first-order valence-electron chi connectivity index (χ1n) is 11.9. The summed E-state index contributed by atoms with van der Waals surface area (Å²) in [4.78, 5) is 30.8. The van der Waals surface area contributed by atoms with Crippen LogP contribution in [0.2, 0.25) is 0 Å². The van der Waals surface area contributed by atoms with Gasteiger partial charge in [-0.1, -0.05) is 6.08 Å². The number of amides is 1. The molecule has 0 aliphatic carbocycles. The summed E-state index contributed by atoms with van der Waals surface area (Å²) in [6.45, 7) is 5.62. The van der Waals surface area contributed by atoms with Gasteiger partial charge in [-0.25, -0.2) is 8.78 Å². The molecule has 1 saturated heterocycles. The normalized spacial score (nSPS) is 21.1. The fourth-order valence-electron chi connectivity index (χ4n) is 4.73. The summed E-state index contributed by atoms with van der Waals surface area (Å²) in [6.07, 6.45) is -2.86. The summed E-state index contributed by atoms with van der Waals surface area (Å²) in [5, 5.41) is 5.39. The van der Waals surface area contributed by atoms with Gasteiger partial charge in [0.1, 0.15) is 17.2 Å². The van der Waals surface area contributed by atoms with Crippen molar-refractivity contribution in [2.45, 2.75) is 38.5 Å². The molecule has 3 N–H and O–H groups in total. The highest BCUT2D eigenvalue weighted by Gasteiger charge is 2.34. The first-order valence-corrected chi connectivity index (χ1v) is 11.9. The van der Waals surface area contributed by atoms with E-state index in [2.05, 4.69) is 20.5 Å². The first kappa shape index (κ1) is 26.8. The second kappa shape index (κ2) is 10.3. The van der Waals surface area contributed by atoms with Gasteiger partial charge in [0, 0.05) is 43.9 Å². The van der Waals surface area contributed by atoms with Gasteiger partial charge >= 0.3 is 6.18 Å². The number of nitrogens with one attached hydrogen (secondary N) is 3. The smallest absolute Gasteiger partial charge is 0.367 e. The zero-order valence-corrected chi connectivity index (χ0v) is 20.6. The molecule has 0 spiro atoms. The number of likely N-dealkylation sites (N-methyl/N-ethyl adjacent to an activating group) is 1. The molecule has 12 heteroatoms. The maximum atomic E-state index is 16.0. The van der Waals surface area contributed by atoms with Crippen LogP contribution in [0.5, 0.6) is 0 Å². The molecule has 2 aromatic rings. The summed E-state index contributed by atoms with van der Waals surface area (Å²) in [5.74, 6) is -2.98. The Morgan fingerprint density at radius 3 is 2.38 bits per heavy atom. The lowest BCUT2D eigenvalue weighted by Gasteiger charge is -2.44. The summed E-state index contributed by atoms with van der Waals surface area (Å²) >= 11 is 0. The van der Waals surface area contributed by atoms with Crippen molar-refractivity contribution < 1.29 is 26.7 Å². The molecule has 0 bridgehead atoms. The van der Waals surface area contributed by atoms with Crippen molar-refractivity contribution in [2.24, 2.45) is 0 Å². The molecule has 0 saturated carbocycles. The van der Waals surface area contributed by atoms with Crippen molar-refractivity contribution in [1.82, 2.24) is 15.2 Å². The Balaban J connectivity index is 1.81. The van der Waals surface area contributed by atoms with E-state index in [1.807, 2.05) is 20.9 Å². The Morgan fingerprint density at radius 1 is 1.11 bits per heavy atom. The van der Waals surface area contributed by atoms with Gasteiger partial charge in [0.15, 0.2) is 5.82 Å². The molecule has 1 fully saturated rings. The molecule has 200 valence electrons. The lowest BCUT2D eigenvalue weighted by molar-refractivity contribution is -0.137. The second-order valence-electron chi connectivity index (χ2n) is 9.49. The molecular weight excluding hydrogens is 497 g/mol. The van der Waals surface area contributed by atoms with Gasteiger partial charge in [-0.15, -0.1) is 0 Å². The number of rotatable bonds is 4. The Morgan fingerprint density at radius 2 is 1.78 bits per heavy atom. The zero-order valence-electron chi connectivity index (χ0n) is 20.6. The standard InChI is InChI=1S/C25H28F5N5O2/c1-13-11-35(12-14(2)34(13)3)19-10-17(26)21(15-4-6-31-7-5-15)22(27)23(19)33-24(37)18-8-16(25(28,29)30)9-20(36)32-18/h4,8-10,13-14,31H,5-7,11-12H2,1-3H3,(H,32,36)(H,33,37)/t13-,14+. The van der Waals surface area contributed by atoms with E-state index in [0.29, 0.717) is 50.3 Å². The molecule has 1 amide bonds. The molecule has 2 aliphatic rings. The maximum absolute atomic E-state index is 16.0. The number of nitrogens with zero attached hydrogens (tertiary/aromatic N) is 2. The van der Waals surface area contributed by atoms with Crippen LogP contribution in [0.1, 0.15) is 41.9 Å². The third kappa shape index (κ3) is 5.54. The summed E-state index contributed by atoms with van der Waals surface area (Å²) in [5.41, 5.74) is -3.31. The van der Waals surface area contributed by atoms with Crippen molar-refractivity contribution in [3.63, 3.8) is 0 Å². The molecule has 7 nitrogen and oxygen atoms in total. The van der Waals surface area contributed by atoms with E-state index in [1.165, 1.54) is 0 Å². The minimum Gasteiger partial charge on any atom is -0.367 e. The molecular formula is C25H28F5N5O2. The van der Waals surface area contributed by atoms with E-state index in [0.717, 1.165) is 6.07 Å². The summed E-state index contributed by atoms with van der Waals surface area (Å²) < 4.78 is 71.0. The molecule has 3 heterocycles.